The second kappa shape index (κ2) is 6.07. The van der Waals surface area contributed by atoms with E-state index in [2.05, 4.69) is 24.3 Å². The summed E-state index contributed by atoms with van der Waals surface area (Å²) >= 11 is 6.43. The smallest absolute Gasteiger partial charge is 0.0850 e. The molecule has 2 rings (SSSR count). The lowest BCUT2D eigenvalue weighted by atomic mass is 9.78. The van der Waals surface area contributed by atoms with Gasteiger partial charge in [0.25, 0.3) is 0 Å². The Bertz CT molecular complexity index is 396. The lowest BCUT2D eigenvalue weighted by Crippen LogP contribution is -2.41. The van der Waals surface area contributed by atoms with Gasteiger partial charge in [0, 0.05) is 19.5 Å². The quantitative estimate of drug-likeness (QED) is 0.861. The van der Waals surface area contributed by atoms with Crippen molar-refractivity contribution in [1.82, 2.24) is 15.1 Å². The number of nitrogens with one attached hydrogen (secondary N) is 1. The van der Waals surface area contributed by atoms with E-state index in [4.69, 9.17) is 11.6 Å². The van der Waals surface area contributed by atoms with E-state index in [1.165, 1.54) is 25.0 Å². The predicted molar refractivity (Wildman–Crippen MR) is 76.1 cm³/mol. The SMILES string of the molecule is CCNC(Cc1c(Cl)c(CC)nn1C)C1CCC1. The molecule has 1 aromatic heterocycles. The Labute approximate surface area is 115 Å². The van der Waals surface area contributed by atoms with Crippen molar-refractivity contribution in [3.05, 3.63) is 16.4 Å². The molecule has 0 spiro atoms. The van der Waals surface area contributed by atoms with Crippen LogP contribution >= 0.6 is 11.6 Å². The summed E-state index contributed by atoms with van der Waals surface area (Å²) in [5.41, 5.74) is 2.21. The van der Waals surface area contributed by atoms with E-state index < -0.39 is 0 Å². The van der Waals surface area contributed by atoms with Crippen LogP contribution in [-0.2, 0) is 19.9 Å². The third kappa shape index (κ3) is 2.72. The predicted octanol–water partition coefficient (Wildman–Crippen LogP) is 2.96. The first-order chi connectivity index (χ1) is 8.67. The van der Waals surface area contributed by atoms with Gasteiger partial charge in [-0.05, 0) is 31.7 Å². The minimum atomic E-state index is 0.557. The standard InChI is InChI=1S/C14H24ClN3/c1-4-11-14(15)13(18(3)17-11)9-12(16-5-2)10-7-6-8-10/h10,12,16H,4-9H2,1-3H3. The Kier molecular flexibility index (Phi) is 4.68. The molecule has 1 aliphatic rings. The Balaban J connectivity index is 2.12. The molecule has 1 aliphatic carbocycles. The number of halogens is 1. The fourth-order valence-corrected chi connectivity index (χ4v) is 3.13. The van der Waals surface area contributed by atoms with Crippen molar-refractivity contribution >= 4 is 11.6 Å². The molecule has 1 saturated carbocycles. The molecule has 1 aromatic rings. The second-order valence-electron chi connectivity index (χ2n) is 5.24. The van der Waals surface area contributed by atoms with Crippen LogP contribution in [0.3, 0.4) is 0 Å². The number of likely N-dealkylation sites (N-methyl/N-ethyl adjacent to an activating group) is 1. The minimum Gasteiger partial charge on any atom is -0.314 e. The van der Waals surface area contributed by atoms with Crippen LogP contribution in [0.15, 0.2) is 0 Å². The van der Waals surface area contributed by atoms with Crippen molar-refractivity contribution in [3.8, 4) is 0 Å². The Morgan fingerprint density at radius 2 is 2.17 bits per heavy atom. The molecule has 1 heterocycles. The van der Waals surface area contributed by atoms with Gasteiger partial charge in [-0.1, -0.05) is 31.9 Å². The van der Waals surface area contributed by atoms with Crippen molar-refractivity contribution in [1.29, 1.82) is 0 Å². The maximum atomic E-state index is 6.43. The van der Waals surface area contributed by atoms with Crippen molar-refractivity contribution in [2.75, 3.05) is 6.54 Å². The number of aryl methyl sites for hydroxylation is 2. The van der Waals surface area contributed by atoms with Crippen molar-refractivity contribution in [2.24, 2.45) is 13.0 Å². The summed E-state index contributed by atoms with van der Waals surface area (Å²) in [4.78, 5) is 0. The average Bonchev–Trinajstić information content (AvgIpc) is 2.54. The largest absolute Gasteiger partial charge is 0.314 e. The maximum Gasteiger partial charge on any atom is 0.0850 e. The van der Waals surface area contributed by atoms with Gasteiger partial charge in [-0.25, -0.2) is 0 Å². The van der Waals surface area contributed by atoms with Crippen molar-refractivity contribution in [2.45, 2.75) is 52.0 Å². The maximum absolute atomic E-state index is 6.43. The van der Waals surface area contributed by atoms with Crippen LogP contribution in [-0.4, -0.2) is 22.4 Å². The summed E-state index contributed by atoms with van der Waals surface area (Å²) in [7, 11) is 2.00. The number of rotatable bonds is 6. The molecule has 3 nitrogen and oxygen atoms in total. The monoisotopic (exact) mass is 269 g/mol. The van der Waals surface area contributed by atoms with Crippen molar-refractivity contribution in [3.63, 3.8) is 0 Å². The van der Waals surface area contributed by atoms with E-state index >= 15 is 0 Å². The van der Waals surface area contributed by atoms with Gasteiger partial charge in [0.05, 0.1) is 16.4 Å². The summed E-state index contributed by atoms with van der Waals surface area (Å²) < 4.78 is 1.96. The highest BCUT2D eigenvalue weighted by molar-refractivity contribution is 6.31. The number of nitrogens with zero attached hydrogens (tertiary/aromatic N) is 2. The molecule has 0 bridgehead atoms. The summed E-state index contributed by atoms with van der Waals surface area (Å²) in [6.45, 7) is 5.30. The van der Waals surface area contributed by atoms with Gasteiger partial charge in [-0.15, -0.1) is 0 Å². The molecule has 0 aliphatic heterocycles. The van der Waals surface area contributed by atoms with Gasteiger partial charge in [-0.2, -0.15) is 5.10 Å². The summed E-state index contributed by atoms with van der Waals surface area (Å²) in [6, 6.07) is 0.557. The van der Waals surface area contributed by atoms with Crippen LogP contribution < -0.4 is 5.32 Å². The molecule has 0 radical (unpaired) electrons. The van der Waals surface area contributed by atoms with E-state index in [0.29, 0.717) is 6.04 Å². The first-order valence-corrected chi connectivity index (χ1v) is 7.48. The van der Waals surface area contributed by atoms with E-state index in [9.17, 15) is 0 Å². The van der Waals surface area contributed by atoms with Gasteiger partial charge >= 0.3 is 0 Å². The number of aromatic nitrogens is 2. The summed E-state index contributed by atoms with van der Waals surface area (Å²) in [5, 5.41) is 8.99. The molecule has 102 valence electrons. The third-order valence-electron chi connectivity index (χ3n) is 4.10. The minimum absolute atomic E-state index is 0.557. The first-order valence-electron chi connectivity index (χ1n) is 7.11. The van der Waals surface area contributed by atoms with Crippen LogP contribution in [0.25, 0.3) is 0 Å². The highest BCUT2D eigenvalue weighted by Gasteiger charge is 2.28. The lowest BCUT2D eigenvalue weighted by molar-refractivity contribution is 0.227. The van der Waals surface area contributed by atoms with Gasteiger partial charge in [0.2, 0.25) is 0 Å². The Morgan fingerprint density at radius 1 is 1.44 bits per heavy atom. The van der Waals surface area contributed by atoms with Crippen LogP contribution in [0.4, 0.5) is 0 Å². The normalized spacial score (nSPS) is 17.8. The topological polar surface area (TPSA) is 29.9 Å². The van der Waals surface area contributed by atoms with Gasteiger partial charge < -0.3 is 5.32 Å². The molecule has 18 heavy (non-hydrogen) atoms. The second-order valence-corrected chi connectivity index (χ2v) is 5.62. The van der Waals surface area contributed by atoms with Gasteiger partial charge in [0.1, 0.15) is 0 Å². The molecule has 4 heteroatoms. The molecule has 0 amide bonds. The Morgan fingerprint density at radius 3 is 2.61 bits per heavy atom. The third-order valence-corrected chi connectivity index (χ3v) is 4.54. The van der Waals surface area contributed by atoms with Crippen LogP contribution in [0.2, 0.25) is 5.02 Å². The average molecular weight is 270 g/mol. The summed E-state index contributed by atoms with van der Waals surface area (Å²) in [5.74, 6) is 0.820. The molecule has 1 atom stereocenters. The number of hydrogen-bond acceptors (Lipinski definition) is 2. The zero-order valence-electron chi connectivity index (χ0n) is 11.7. The molecular formula is C14H24ClN3. The van der Waals surface area contributed by atoms with Gasteiger partial charge in [-0.3, -0.25) is 4.68 Å². The fourth-order valence-electron chi connectivity index (χ4n) is 2.76. The number of hydrogen-bond donors (Lipinski definition) is 1. The zero-order valence-corrected chi connectivity index (χ0v) is 12.4. The lowest BCUT2D eigenvalue weighted by Gasteiger charge is -2.34. The first kappa shape index (κ1) is 13.9. The van der Waals surface area contributed by atoms with Crippen molar-refractivity contribution < 1.29 is 0 Å². The van der Waals surface area contributed by atoms with E-state index in [0.717, 1.165) is 36.0 Å². The highest BCUT2D eigenvalue weighted by atomic mass is 35.5. The van der Waals surface area contributed by atoms with Crippen LogP contribution in [0.5, 0.6) is 0 Å². The molecular weight excluding hydrogens is 246 g/mol. The summed E-state index contributed by atoms with van der Waals surface area (Å²) in [6.07, 6.45) is 6.00. The molecule has 1 fully saturated rings. The fraction of sp³-hybridized carbons (Fsp3) is 0.786. The highest BCUT2D eigenvalue weighted by Crippen LogP contribution is 2.32. The van der Waals surface area contributed by atoms with Crippen LogP contribution in [0, 0.1) is 5.92 Å². The Hall–Kier alpha value is -0.540. The van der Waals surface area contributed by atoms with E-state index in [-0.39, 0.29) is 0 Å². The molecule has 0 aromatic carbocycles. The molecule has 1 N–H and O–H groups in total. The van der Waals surface area contributed by atoms with Crippen LogP contribution in [0.1, 0.15) is 44.5 Å². The van der Waals surface area contributed by atoms with E-state index in [1.807, 2.05) is 11.7 Å². The van der Waals surface area contributed by atoms with Gasteiger partial charge in [0.15, 0.2) is 0 Å². The van der Waals surface area contributed by atoms with E-state index in [1.54, 1.807) is 0 Å². The zero-order chi connectivity index (χ0) is 13.1. The molecule has 1 unspecified atom stereocenters. The molecule has 0 saturated heterocycles.